The van der Waals surface area contributed by atoms with E-state index in [4.69, 9.17) is 14.0 Å². The van der Waals surface area contributed by atoms with E-state index < -0.39 is 0 Å². The van der Waals surface area contributed by atoms with E-state index in [0.29, 0.717) is 45.4 Å². The second-order valence-corrected chi connectivity index (χ2v) is 7.11. The Kier molecular flexibility index (Phi) is 5.80. The fourth-order valence-corrected chi connectivity index (χ4v) is 3.59. The SMILES string of the molecule is COc1cccc(-c2noc(CSc3nc(-c4ccccc4)cc(=O)[nH]3)n2)c1OC. The zero-order valence-corrected chi connectivity index (χ0v) is 17.1. The van der Waals surface area contributed by atoms with Gasteiger partial charge in [-0.1, -0.05) is 53.3 Å². The molecule has 0 saturated heterocycles. The van der Waals surface area contributed by atoms with E-state index in [1.807, 2.05) is 42.5 Å². The van der Waals surface area contributed by atoms with Crippen LogP contribution in [0.5, 0.6) is 11.5 Å². The minimum absolute atomic E-state index is 0.223. The molecule has 4 aromatic rings. The first-order valence-corrected chi connectivity index (χ1v) is 10.00. The third kappa shape index (κ3) is 4.20. The summed E-state index contributed by atoms with van der Waals surface area (Å²) in [4.78, 5) is 23.7. The maximum Gasteiger partial charge on any atom is 0.252 e. The molecule has 0 saturated carbocycles. The van der Waals surface area contributed by atoms with Crippen molar-refractivity contribution >= 4 is 11.8 Å². The van der Waals surface area contributed by atoms with Crippen molar-refractivity contribution in [3.8, 4) is 34.1 Å². The van der Waals surface area contributed by atoms with Crippen molar-refractivity contribution < 1.29 is 14.0 Å². The number of hydrogen-bond donors (Lipinski definition) is 1. The zero-order chi connectivity index (χ0) is 20.9. The Morgan fingerprint density at radius 1 is 1.03 bits per heavy atom. The molecule has 30 heavy (non-hydrogen) atoms. The van der Waals surface area contributed by atoms with Gasteiger partial charge in [-0.3, -0.25) is 4.79 Å². The lowest BCUT2D eigenvalue weighted by Crippen LogP contribution is -2.08. The normalized spacial score (nSPS) is 10.7. The summed E-state index contributed by atoms with van der Waals surface area (Å²) in [5.41, 5.74) is 1.91. The van der Waals surface area contributed by atoms with E-state index in [0.717, 1.165) is 5.56 Å². The second kappa shape index (κ2) is 8.83. The third-order valence-electron chi connectivity index (χ3n) is 4.23. The molecule has 0 aliphatic rings. The van der Waals surface area contributed by atoms with Gasteiger partial charge in [0, 0.05) is 11.6 Å². The molecule has 0 atom stereocenters. The summed E-state index contributed by atoms with van der Waals surface area (Å²) in [5.74, 6) is 2.24. The molecule has 0 unspecified atom stereocenters. The van der Waals surface area contributed by atoms with Crippen molar-refractivity contribution in [2.75, 3.05) is 14.2 Å². The Labute approximate surface area is 176 Å². The summed E-state index contributed by atoms with van der Waals surface area (Å²) in [7, 11) is 3.12. The molecule has 0 radical (unpaired) electrons. The lowest BCUT2D eigenvalue weighted by atomic mass is 10.1. The maximum atomic E-state index is 12.0. The first kappa shape index (κ1) is 19.7. The Bertz CT molecular complexity index is 1210. The minimum atomic E-state index is -0.223. The van der Waals surface area contributed by atoms with Crippen molar-refractivity contribution in [1.82, 2.24) is 20.1 Å². The highest BCUT2D eigenvalue weighted by Crippen LogP contribution is 2.36. The van der Waals surface area contributed by atoms with Crippen LogP contribution < -0.4 is 15.0 Å². The van der Waals surface area contributed by atoms with Crippen LogP contribution in [0.3, 0.4) is 0 Å². The standard InChI is InChI=1S/C21H18N4O4S/c1-27-16-10-6-9-14(19(16)28-2)20-24-18(29-25-20)12-30-21-22-15(11-17(26)23-21)13-7-4-3-5-8-13/h3-11H,12H2,1-2H3,(H,22,23,26). The van der Waals surface area contributed by atoms with E-state index in [1.54, 1.807) is 20.3 Å². The number of nitrogens with zero attached hydrogens (tertiary/aromatic N) is 3. The Morgan fingerprint density at radius 3 is 2.63 bits per heavy atom. The Morgan fingerprint density at radius 2 is 1.87 bits per heavy atom. The lowest BCUT2D eigenvalue weighted by Gasteiger charge is -2.09. The molecular weight excluding hydrogens is 404 g/mol. The van der Waals surface area contributed by atoms with Crippen LogP contribution in [-0.2, 0) is 5.75 Å². The van der Waals surface area contributed by atoms with Crippen molar-refractivity contribution in [3.05, 3.63) is 70.8 Å². The number of thioether (sulfide) groups is 1. The summed E-state index contributed by atoms with van der Waals surface area (Å²) in [5, 5.41) is 4.51. The summed E-state index contributed by atoms with van der Waals surface area (Å²) in [6.45, 7) is 0. The van der Waals surface area contributed by atoms with Crippen LogP contribution in [0.25, 0.3) is 22.6 Å². The number of benzene rings is 2. The molecule has 0 fully saturated rings. The largest absolute Gasteiger partial charge is 0.493 e. The summed E-state index contributed by atoms with van der Waals surface area (Å²) < 4.78 is 16.1. The molecule has 152 valence electrons. The van der Waals surface area contributed by atoms with Gasteiger partial charge in [0.1, 0.15) is 0 Å². The lowest BCUT2D eigenvalue weighted by molar-refractivity contribution is 0.355. The van der Waals surface area contributed by atoms with E-state index in [-0.39, 0.29) is 5.56 Å². The van der Waals surface area contributed by atoms with Gasteiger partial charge < -0.3 is 19.0 Å². The number of ether oxygens (including phenoxy) is 2. The van der Waals surface area contributed by atoms with Gasteiger partial charge in [-0.25, -0.2) is 4.98 Å². The molecule has 2 heterocycles. The number of H-pyrrole nitrogens is 1. The first-order chi connectivity index (χ1) is 14.7. The summed E-state index contributed by atoms with van der Waals surface area (Å²) in [6, 6.07) is 16.4. The quantitative estimate of drug-likeness (QED) is 0.354. The van der Waals surface area contributed by atoms with Gasteiger partial charge in [0.2, 0.25) is 11.7 Å². The fraction of sp³-hybridized carbons (Fsp3) is 0.143. The van der Waals surface area contributed by atoms with E-state index in [2.05, 4.69) is 20.1 Å². The first-order valence-electron chi connectivity index (χ1n) is 9.01. The fourth-order valence-electron chi connectivity index (χ4n) is 2.88. The maximum absolute atomic E-state index is 12.0. The topological polar surface area (TPSA) is 103 Å². The van der Waals surface area contributed by atoms with Crippen molar-refractivity contribution in [2.45, 2.75) is 10.9 Å². The molecule has 2 aromatic heterocycles. The average Bonchev–Trinajstić information content (AvgIpc) is 3.26. The molecular formula is C21H18N4O4S. The van der Waals surface area contributed by atoms with Crippen LogP contribution in [-0.4, -0.2) is 34.3 Å². The van der Waals surface area contributed by atoms with E-state index >= 15 is 0 Å². The van der Waals surface area contributed by atoms with Gasteiger partial charge in [-0.2, -0.15) is 4.98 Å². The van der Waals surface area contributed by atoms with Gasteiger partial charge in [0.25, 0.3) is 5.56 Å². The van der Waals surface area contributed by atoms with Gasteiger partial charge in [0.05, 0.1) is 31.2 Å². The summed E-state index contributed by atoms with van der Waals surface area (Å²) in [6.07, 6.45) is 0. The van der Waals surface area contributed by atoms with Crippen LogP contribution in [0.15, 0.2) is 69.1 Å². The number of hydrogen-bond acceptors (Lipinski definition) is 8. The highest BCUT2D eigenvalue weighted by Gasteiger charge is 2.17. The second-order valence-electron chi connectivity index (χ2n) is 6.14. The smallest absolute Gasteiger partial charge is 0.252 e. The summed E-state index contributed by atoms with van der Waals surface area (Å²) >= 11 is 1.30. The van der Waals surface area contributed by atoms with E-state index in [1.165, 1.54) is 17.8 Å². The Hall–Kier alpha value is -3.59. The van der Waals surface area contributed by atoms with Gasteiger partial charge in [-0.05, 0) is 12.1 Å². The van der Waals surface area contributed by atoms with Crippen molar-refractivity contribution in [1.29, 1.82) is 0 Å². The molecule has 4 rings (SSSR count). The molecule has 9 heteroatoms. The van der Waals surface area contributed by atoms with Crippen LogP contribution in [0.2, 0.25) is 0 Å². The highest BCUT2D eigenvalue weighted by molar-refractivity contribution is 7.98. The number of para-hydroxylation sites is 1. The monoisotopic (exact) mass is 422 g/mol. The van der Waals surface area contributed by atoms with Crippen LogP contribution in [0.1, 0.15) is 5.89 Å². The van der Waals surface area contributed by atoms with Gasteiger partial charge in [-0.15, -0.1) is 0 Å². The van der Waals surface area contributed by atoms with Crippen molar-refractivity contribution in [3.63, 3.8) is 0 Å². The molecule has 0 spiro atoms. The van der Waals surface area contributed by atoms with Crippen molar-refractivity contribution in [2.24, 2.45) is 0 Å². The molecule has 0 amide bonds. The Balaban J connectivity index is 1.54. The number of methoxy groups -OCH3 is 2. The molecule has 0 aliphatic carbocycles. The average molecular weight is 422 g/mol. The molecule has 8 nitrogen and oxygen atoms in total. The van der Waals surface area contributed by atoms with Crippen LogP contribution in [0.4, 0.5) is 0 Å². The predicted octanol–water partition coefficient (Wildman–Crippen LogP) is 3.80. The number of aromatic nitrogens is 4. The highest BCUT2D eigenvalue weighted by atomic mass is 32.2. The minimum Gasteiger partial charge on any atom is -0.493 e. The van der Waals surface area contributed by atoms with Crippen LogP contribution in [0, 0.1) is 0 Å². The predicted molar refractivity (Wildman–Crippen MR) is 113 cm³/mol. The van der Waals surface area contributed by atoms with Gasteiger partial charge >= 0.3 is 0 Å². The number of nitrogens with one attached hydrogen (secondary N) is 1. The zero-order valence-electron chi connectivity index (χ0n) is 16.3. The molecule has 0 aliphatic heterocycles. The number of rotatable bonds is 7. The third-order valence-corrected chi connectivity index (χ3v) is 5.09. The molecule has 0 bridgehead atoms. The molecule has 1 N–H and O–H groups in total. The number of aromatic amines is 1. The van der Waals surface area contributed by atoms with Crippen LogP contribution >= 0.6 is 11.8 Å². The van der Waals surface area contributed by atoms with E-state index in [9.17, 15) is 4.79 Å². The molecule has 2 aromatic carbocycles. The van der Waals surface area contributed by atoms with Gasteiger partial charge in [0.15, 0.2) is 16.7 Å².